The number of hydrogen-bond acceptors (Lipinski definition) is 3. The van der Waals surface area contributed by atoms with Gasteiger partial charge in [0.05, 0.1) is 0 Å². The maximum Gasteiger partial charge on any atom is 0.170 e. The van der Waals surface area contributed by atoms with Gasteiger partial charge in [-0.3, -0.25) is 9.59 Å². The molecule has 0 aliphatic carbocycles. The summed E-state index contributed by atoms with van der Waals surface area (Å²) in [6, 6.07) is 0. The summed E-state index contributed by atoms with van der Waals surface area (Å²) in [5, 5.41) is 9.32. The van der Waals surface area contributed by atoms with Crippen LogP contribution in [0.1, 0.15) is 52.4 Å². The van der Waals surface area contributed by atoms with Crippen molar-refractivity contribution >= 4 is 11.6 Å². The number of hydrogen-bond donors (Lipinski definition) is 1. The normalized spacial score (nSPS) is 12.5. The molecule has 0 saturated carbocycles. The third kappa shape index (κ3) is 5.12. The van der Waals surface area contributed by atoms with Crippen LogP contribution in [0.3, 0.4) is 0 Å². The zero-order chi connectivity index (χ0) is 11.0. The fraction of sp³-hybridized carbons (Fsp3) is 0.818. The number of ketones is 2. The summed E-state index contributed by atoms with van der Waals surface area (Å²) in [6.45, 7) is 3.90. The molecule has 0 aliphatic heterocycles. The average Bonchev–Trinajstić information content (AvgIpc) is 2.17. The molecule has 0 aromatic heterocycles. The van der Waals surface area contributed by atoms with Crippen molar-refractivity contribution in [2.75, 3.05) is 0 Å². The third-order valence-electron chi connectivity index (χ3n) is 2.13. The lowest BCUT2D eigenvalue weighted by Crippen LogP contribution is -2.29. The topological polar surface area (TPSA) is 54.4 Å². The van der Waals surface area contributed by atoms with Crippen molar-refractivity contribution < 1.29 is 14.7 Å². The standard InChI is InChI=1S/C11H20O3/c1-3-5-6-8-10(13)11(14)9(12)7-4-2/h11,14H,3-8H2,1-2H3. The van der Waals surface area contributed by atoms with Gasteiger partial charge in [-0.1, -0.05) is 26.7 Å². The molecule has 1 N–H and O–H groups in total. The van der Waals surface area contributed by atoms with Crippen LogP contribution in [0, 0.1) is 0 Å². The van der Waals surface area contributed by atoms with Crippen molar-refractivity contribution in [2.45, 2.75) is 58.5 Å². The van der Waals surface area contributed by atoms with Crippen LogP contribution in [0.2, 0.25) is 0 Å². The van der Waals surface area contributed by atoms with E-state index in [1.54, 1.807) is 0 Å². The minimum absolute atomic E-state index is 0.292. The second-order valence-corrected chi connectivity index (χ2v) is 3.54. The summed E-state index contributed by atoms with van der Waals surface area (Å²) >= 11 is 0. The second-order valence-electron chi connectivity index (χ2n) is 3.54. The second kappa shape index (κ2) is 7.68. The Morgan fingerprint density at radius 2 is 1.57 bits per heavy atom. The molecule has 0 aliphatic rings. The summed E-state index contributed by atoms with van der Waals surface area (Å²) < 4.78 is 0. The van der Waals surface area contributed by atoms with Gasteiger partial charge in [0.1, 0.15) is 0 Å². The van der Waals surface area contributed by atoms with Gasteiger partial charge in [0, 0.05) is 12.8 Å². The summed E-state index contributed by atoms with van der Waals surface area (Å²) in [5.41, 5.74) is 0. The van der Waals surface area contributed by atoms with Gasteiger partial charge in [-0.2, -0.15) is 0 Å². The van der Waals surface area contributed by atoms with Crippen LogP contribution in [0.15, 0.2) is 0 Å². The Balaban J connectivity index is 3.80. The summed E-state index contributed by atoms with van der Waals surface area (Å²) in [6.07, 6.45) is 2.70. The zero-order valence-corrected chi connectivity index (χ0v) is 9.08. The molecule has 0 spiro atoms. The first-order valence-electron chi connectivity index (χ1n) is 5.37. The highest BCUT2D eigenvalue weighted by atomic mass is 16.3. The van der Waals surface area contributed by atoms with Crippen LogP contribution in [0.25, 0.3) is 0 Å². The van der Waals surface area contributed by atoms with Gasteiger partial charge in [0.25, 0.3) is 0 Å². The SMILES string of the molecule is CCCCCC(=O)C(O)C(=O)CCC. The molecule has 0 heterocycles. The Labute approximate surface area is 85.5 Å². The van der Waals surface area contributed by atoms with Crippen LogP contribution in [0.5, 0.6) is 0 Å². The Morgan fingerprint density at radius 1 is 1.00 bits per heavy atom. The van der Waals surface area contributed by atoms with Gasteiger partial charge < -0.3 is 5.11 Å². The Kier molecular flexibility index (Phi) is 7.30. The molecule has 14 heavy (non-hydrogen) atoms. The van der Waals surface area contributed by atoms with E-state index < -0.39 is 6.10 Å². The van der Waals surface area contributed by atoms with Gasteiger partial charge in [-0.15, -0.1) is 0 Å². The van der Waals surface area contributed by atoms with E-state index >= 15 is 0 Å². The number of carbonyl (C=O) groups is 2. The Bertz CT molecular complexity index is 187. The molecule has 0 fully saturated rings. The molecule has 0 bridgehead atoms. The van der Waals surface area contributed by atoms with Crippen molar-refractivity contribution in [3.8, 4) is 0 Å². The minimum Gasteiger partial charge on any atom is -0.378 e. The lowest BCUT2D eigenvalue weighted by molar-refractivity contribution is -0.138. The molecule has 82 valence electrons. The van der Waals surface area contributed by atoms with Crippen molar-refractivity contribution in [1.29, 1.82) is 0 Å². The van der Waals surface area contributed by atoms with E-state index in [0.717, 1.165) is 19.3 Å². The quantitative estimate of drug-likeness (QED) is 0.480. The largest absolute Gasteiger partial charge is 0.378 e. The molecule has 0 aromatic rings. The van der Waals surface area contributed by atoms with E-state index in [2.05, 4.69) is 0 Å². The average molecular weight is 200 g/mol. The molecule has 1 atom stereocenters. The lowest BCUT2D eigenvalue weighted by Gasteiger charge is -2.07. The number of carbonyl (C=O) groups excluding carboxylic acids is 2. The van der Waals surface area contributed by atoms with Crippen LogP contribution in [-0.4, -0.2) is 22.8 Å². The molecule has 3 nitrogen and oxygen atoms in total. The minimum atomic E-state index is -1.37. The summed E-state index contributed by atoms with van der Waals surface area (Å²) in [5.74, 6) is -0.661. The smallest absolute Gasteiger partial charge is 0.170 e. The zero-order valence-electron chi connectivity index (χ0n) is 9.08. The molecule has 0 radical (unpaired) electrons. The lowest BCUT2D eigenvalue weighted by atomic mass is 10.0. The molecule has 0 saturated heterocycles. The molecular formula is C11H20O3. The van der Waals surface area contributed by atoms with E-state index in [4.69, 9.17) is 0 Å². The van der Waals surface area contributed by atoms with E-state index in [1.165, 1.54) is 0 Å². The van der Waals surface area contributed by atoms with E-state index in [-0.39, 0.29) is 11.6 Å². The number of rotatable bonds is 8. The van der Waals surface area contributed by atoms with Crippen LogP contribution in [0.4, 0.5) is 0 Å². The monoisotopic (exact) mass is 200 g/mol. The maximum atomic E-state index is 11.3. The van der Waals surface area contributed by atoms with Crippen LogP contribution in [-0.2, 0) is 9.59 Å². The summed E-state index contributed by atoms with van der Waals surface area (Å²) in [4.78, 5) is 22.4. The van der Waals surface area contributed by atoms with E-state index in [1.807, 2.05) is 13.8 Å². The van der Waals surface area contributed by atoms with Gasteiger partial charge in [0.15, 0.2) is 17.7 Å². The predicted molar refractivity (Wildman–Crippen MR) is 55.1 cm³/mol. The Hall–Kier alpha value is -0.700. The highest BCUT2D eigenvalue weighted by Gasteiger charge is 2.21. The molecule has 3 heteroatoms. The van der Waals surface area contributed by atoms with Crippen molar-refractivity contribution in [3.05, 3.63) is 0 Å². The van der Waals surface area contributed by atoms with Crippen LogP contribution < -0.4 is 0 Å². The first-order valence-corrected chi connectivity index (χ1v) is 5.37. The van der Waals surface area contributed by atoms with Gasteiger partial charge >= 0.3 is 0 Å². The van der Waals surface area contributed by atoms with Gasteiger partial charge in [-0.25, -0.2) is 0 Å². The third-order valence-corrected chi connectivity index (χ3v) is 2.13. The predicted octanol–water partition coefficient (Wildman–Crippen LogP) is 1.87. The fourth-order valence-corrected chi connectivity index (χ4v) is 1.25. The highest BCUT2D eigenvalue weighted by Crippen LogP contribution is 2.05. The van der Waals surface area contributed by atoms with Crippen molar-refractivity contribution in [1.82, 2.24) is 0 Å². The molecule has 1 unspecified atom stereocenters. The van der Waals surface area contributed by atoms with E-state index in [0.29, 0.717) is 19.3 Å². The number of Topliss-reactive ketones (excluding diaryl/α,β-unsaturated/α-hetero) is 2. The first-order chi connectivity index (χ1) is 6.63. The van der Waals surface area contributed by atoms with Gasteiger partial charge in [-0.05, 0) is 12.8 Å². The fourth-order valence-electron chi connectivity index (χ4n) is 1.25. The van der Waals surface area contributed by atoms with Crippen LogP contribution >= 0.6 is 0 Å². The number of aliphatic hydroxyl groups is 1. The molecule has 0 amide bonds. The molecular weight excluding hydrogens is 180 g/mol. The van der Waals surface area contributed by atoms with Crippen molar-refractivity contribution in [3.63, 3.8) is 0 Å². The molecule has 0 aromatic carbocycles. The summed E-state index contributed by atoms with van der Waals surface area (Å²) in [7, 11) is 0. The maximum absolute atomic E-state index is 11.3. The highest BCUT2D eigenvalue weighted by molar-refractivity contribution is 6.04. The van der Waals surface area contributed by atoms with E-state index in [9.17, 15) is 14.7 Å². The van der Waals surface area contributed by atoms with Gasteiger partial charge in [0.2, 0.25) is 0 Å². The number of aliphatic hydroxyl groups excluding tert-OH is 1. The van der Waals surface area contributed by atoms with Crippen molar-refractivity contribution in [2.24, 2.45) is 0 Å². The molecule has 0 rings (SSSR count). The first kappa shape index (κ1) is 13.3. The Morgan fingerprint density at radius 3 is 2.07 bits per heavy atom. The number of unbranched alkanes of at least 4 members (excludes halogenated alkanes) is 2.